The molecule has 0 aliphatic heterocycles. The van der Waals surface area contributed by atoms with Crippen LogP contribution in [0.2, 0.25) is 0 Å². The Labute approximate surface area is 107 Å². The zero-order valence-corrected chi connectivity index (χ0v) is 12.0. The number of nitrogens with zero attached hydrogens (tertiary/aromatic N) is 2. The zero-order chi connectivity index (χ0) is 11.8. The van der Waals surface area contributed by atoms with Gasteiger partial charge in [0.25, 0.3) is 0 Å². The second kappa shape index (κ2) is 7.92. The van der Waals surface area contributed by atoms with Crippen LogP contribution in [0.3, 0.4) is 0 Å². The number of aromatic nitrogens is 1. The van der Waals surface area contributed by atoms with E-state index < -0.39 is 0 Å². The van der Waals surface area contributed by atoms with E-state index in [1.807, 2.05) is 18.0 Å². The number of rotatable bonds is 8. The molecule has 0 saturated heterocycles. The molecule has 1 N–H and O–H groups in total. The standard InChI is InChI=1S/C11H21N3S2/c1-4-14(5-2)11-13-9-10(16-11)8-12-6-7-15-3/h9,12H,4-8H2,1-3H3. The van der Waals surface area contributed by atoms with Crippen molar-refractivity contribution in [2.45, 2.75) is 20.4 Å². The molecule has 0 amide bonds. The molecule has 1 aromatic heterocycles. The van der Waals surface area contributed by atoms with E-state index >= 15 is 0 Å². The molecule has 1 aromatic rings. The molecule has 0 aliphatic carbocycles. The molecule has 5 heteroatoms. The highest BCUT2D eigenvalue weighted by molar-refractivity contribution is 7.98. The first-order valence-electron chi connectivity index (χ1n) is 5.71. The van der Waals surface area contributed by atoms with Gasteiger partial charge in [0.15, 0.2) is 5.13 Å². The van der Waals surface area contributed by atoms with E-state index in [0.29, 0.717) is 0 Å². The summed E-state index contributed by atoms with van der Waals surface area (Å²) in [6.07, 6.45) is 4.12. The van der Waals surface area contributed by atoms with Gasteiger partial charge >= 0.3 is 0 Å². The van der Waals surface area contributed by atoms with Gasteiger partial charge in [0.2, 0.25) is 0 Å². The van der Waals surface area contributed by atoms with Gasteiger partial charge in [-0.3, -0.25) is 0 Å². The van der Waals surface area contributed by atoms with E-state index in [4.69, 9.17) is 0 Å². The summed E-state index contributed by atoms with van der Waals surface area (Å²) in [6, 6.07) is 0. The zero-order valence-electron chi connectivity index (χ0n) is 10.3. The Morgan fingerprint density at radius 1 is 1.44 bits per heavy atom. The Hall–Kier alpha value is -0.260. The van der Waals surface area contributed by atoms with Gasteiger partial charge in [-0.05, 0) is 20.1 Å². The van der Waals surface area contributed by atoms with Gasteiger partial charge in [-0.25, -0.2) is 4.98 Å². The van der Waals surface area contributed by atoms with E-state index in [2.05, 4.69) is 35.3 Å². The lowest BCUT2D eigenvalue weighted by Crippen LogP contribution is -2.21. The predicted octanol–water partition coefficient (Wildman–Crippen LogP) is 2.44. The summed E-state index contributed by atoms with van der Waals surface area (Å²) in [5.41, 5.74) is 0. The molecule has 16 heavy (non-hydrogen) atoms. The van der Waals surface area contributed by atoms with Crippen molar-refractivity contribution in [2.75, 3.05) is 36.5 Å². The summed E-state index contributed by atoms with van der Waals surface area (Å²) >= 11 is 3.66. The number of hydrogen-bond acceptors (Lipinski definition) is 5. The van der Waals surface area contributed by atoms with E-state index in [1.54, 1.807) is 11.3 Å². The topological polar surface area (TPSA) is 28.2 Å². The van der Waals surface area contributed by atoms with Gasteiger partial charge in [-0.15, -0.1) is 11.3 Å². The summed E-state index contributed by atoms with van der Waals surface area (Å²) in [4.78, 5) is 8.07. The van der Waals surface area contributed by atoms with Gasteiger partial charge in [0.05, 0.1) is 0 Å². The van der Waals surface area contributed by atoms with E-state index in [1.165, 1.54) is 10.6 Å². The van der Waals surface area contributed by atoms with Crippen LogP contribution in [0.4, 0.5) is 5.13 Å². The minimum absolute atomic E-state index is 0.944. The molecule has 0 unspecified atom stereocenters. The summed E-state index contributed by atoms with van der Waals surface area (Å²) in [5, 5.41) is 4.57. The van der Waals surface area contributed by atoms with E-state index in [0.717, 1.165) is 31.3 Å². The van der Waals surface area contributed by atoms with E-state index in [-0.39, 0.29) is 0 Å². The maximum absolute atomic E-state index is 4.46. The van der Waals surface area contributed by atoms with Gasteiger partial charge in [0.1, 0.15) is 0 Å². The van der Waals surface area contributed by atoms with Crippen molar-refractivity contribution in [3.63, 3.8) is 0 Å². The normalized spacial score (nSPS) is 10.7. The lowest BCUT2D eigenvalue weighted by molar-refractivity contribution is 0.740. The van der Waals surface area contributed by atoms with Gasteiger partial charge < -0.3 is 10.2 Å². The monoisotopic (exact) mass is 259 g/mol. The first kappa shape index (κ1) is 13.8. The highest BCUT2D eigenvalue weighted by Gasteiger charge is 2.06. The maximum atomic E-state index is 4.46. The Bertz CT molecular complexity index is 285. The molecule has 0 aliphatic rings. The minimum Gasteiger partial charge on any atom is -0.349 e. The molecule has 0 atom stereocenters. The smallest absolute Gasteiger partial charge is 0.185 e. The van der Waals surface area contributed by atoms with Crippen LogP contribution in [0.25, 0.3) is 0 Å². The fourth-order valence-corrected chi connectivity index (χ4v) is 2.76. The molecular formula is C11H21N3S2. The number of anilines is 1. The SMILES string of the molecule is CCN(CC)c1ncc(CNCCSC)s1. The van der Waals surface area contributed by atoms with Crippen LogP contribution in [0.1, 0.15) is 18.7 Å². The van der Waals surface area contributed by atoms with Gasteiger partial charge in [0, 0.05) is 43.0 Å². The highest BCUT2D eigenvalue weighted by Crippen LogP contribution is 2.21. The van der Waals surface area contributed by atoms with Crippen LogP contribution in [0.5, 0.6) is 0 Å². The number of thioether (sulfide) groups is 1. The largest absolute Gasteiger partial charge is 0.349 e. The molecular weight excluding hydrogens is 238 g/mol. The Balaban J connectivity index is 2.38. The fourth-order valence-electron chi connectivity index (χ4n) is 1.41. The van der Waals surface area contributed by atoms with Crippen LogP contribution in [0, 0.1) is 0 Å². The van der Waals surface area contributed by atoms with Crippen LogP contribution in [0.15, 0.2) is 6.20 Å². The molecule has 92 valence electrons. The lowest BCUT2D eigenvalue weighted by Gasteiger charge is -2.16. The van der Waals surface area contributed by atoms with Crippen molar-refractivity contribution in [3.05, 3.63) is 11.1 Å². The van der Waals surface area contributed by atoms with Crippen LogP contribution < -0.4 is 10.2 Å². The van der Waals surface area contributed by atoms with Crippen molar-refractivity contribution >= 4 is 28.2 Å². The number of thiazole rings is 1. The second-order valence-electron chi connectivity index (χ2n) is 3.45. The lowest BCUT2D eigenvalue weighted by atomic mass is 10.5. The fraction of sp³-hybridized carbons (Fsp3) is 0.727. The summed E-state index contributed by atoms with van der Waals surface area (Å²) in [7, 11) is 0. The van der Waals surface area contributed by atoms with Crippen LogP contribution in [-0.4, -0.2) is 36.6 Å². The molecule has 3 nitrogen and oxygen atoms in total. The van der Waals surface area contributed by atoms with Crippen LogP contribution >= 0.6 is 23.1 Å². The quantitative estimate of drug-likeness (QED) is 0.726. The molecule has 0 radical (unpaired) electrons. The molecule has 0 bridgehead atoms. The Morgan fingerprint density at radius 2 is 2.19 bits per heavy atom. The molecule has 1 rings (SSSR count). The van der Waals surface area contributed by atoms with Gasteiger partial charge in [-0.2, -0.15) is 11.8 Å². The second-order valence-corrected chi connectivity index (χ2v) is 5.53. The average Bonchev–Trinajstić information content (AvgIpc) is 2.75. The van der Waals surface area contributed by atoms with Crippen molar-refractivity contribution in [2.24, 2.45) is 0 Å². The molecule has 1 heterocycles. The number of nitrogens with one attached hydrogen (secondary N) is 1. The third kappa shape index (κ3) is 4.31. The number of hydrogen-bond donors (Lipinski definition) is 1. The molecule has 0 fully saturated rings. The van der Waals surface area contributed by atoms with Crippen molar-refractivity contribution in [1.29, 1.82) is 0 Å². The van der Waals surface area contributed by atoms with E-state index in [9.17, 15) is 0 Å². The summed E-state index contributed by atoms with van der Waals surface area (Å²) in [5.74, 6) is 1.17. The molecule has 0 spiro atoms. The van der Waals surface area contributed by atoms with Crippen molar-refractivity contribution < 1.29 is 0 Å². The van der Waals surface area contributed by atoms with Gasteiger partial charge in [-0.1, -0.05) is 0 Å². The average molecular weight is 259 g/mol. The van der Waals surface area contributed by atoms with Crippen molar-refractivity contribution in [1.82, 2.24) is 10.3 Å². The highest BCUT2D eigenvalue weighted by atomic mass is 32.2. The third-order valence-corrected chi connectivity index (χ3v) is 4.03. The molecule has 0 saturated carbocycles. The third-order valence-electron chi connectivity index (χ3n) is 2.36. The predicted molar refractivity (Wildman–Crippen MR) is 75.8 cm³/mol. The summed E-state index contributed by atoms with van der Waals surface area (Å²) in [6.45, 7) is 8.41. The first-order chi connectivity index (χ1) is 7.81. The Kier molecular flexibility index (Phi) is 6.84. The summed E-state index contributed by atoms with van der Waals surface area (Å²) < 4.78 is 0. The Morgan fingerprint density at radius 3 is 2.81 bits per heavy atom. The van der Waals surface area contributed by atoms with Crippen LogP contribution in [-0.2, 0) is 6.54 Å². The minimum atomic E-state index is 0.944. The molecule has 0 aromatic carbocycles. The first-order valence-corrected chi connectivity index (χ1v) is 7.92. The van der Waals surface area contributed by atoms with Crippen molar-refractivity contribution in [3.8, 4) is 0 Å². The maximum Gasteiger partial charge on any atom is 0.185 e.